The van der Waals surface area contributed by atoms with Crippen molar-refractivity contribution in [1.29, 1.82) is 0 Å². The Balaban J connectivity index is 1.88. The maximum absolute atomic E-state index is 13.2. The van der Waals surface area contributed by atoms with Crippen LogP contribution in [0.1, 0.15) is 43.5 Å². The molecule has 4 rings (SSSR count). The highest BCUT2D eigenvalue weighted by Gasteiger charge is 2.47. The third-order valence-corrected chi connectivity index (χ3v) is 6.10. The fourth-order valence-corrected chi connectivity index (χ4v) is 4.10. The largest absolute Gasteiger partial charge is 0.507 e. The number of halogens is 1. The van der Waals surface area contributed by atoms with Crippen molar-refractivity contribution >= 4 is 39.1 Å². The number of aliphatic hydroxyl groups excluding tert-OH is 1. The average Bonchev–Trinajstić information content (AvgIpc) is 3.04. The van der Waals surface area contributed by atoms with Crippen molar-refractivity contribution in [3.8, 4) is 0 Å². The van der Waals surface area contributed by atoms with Gasteiger partial charge in [-0.2, -0.15) is 0 Å². The van der Waals surface area contributed by atoms with Gasteiger partial charge in [0.25, 0.3) is 11.7 Å². The molecule has 32 heavy (non-hydrogen) atoms. The standard InChI is InChI=1S/C26H23BrN2O3/c1-26(2,3)18-8-12-20(13-9-18)29-22(17-5-4-14-28-15-17)21(24(31)25(29)32)23(30)16-6-10-19(27)11-7-16/h4-15,22,30H,1-3H3/b23-21+. The zero-order valence-electron chi connectivity index (χ0n) is 18.0. The summed E-state index contributed by atoms with van der Waals surface area (Å²) in [6.45, 7) is 6.34. The molecule has 0 spiro atoms. The number of ketones is 1. The van der Waals surface area contributed by atoms with Gasteiger partial charge < -0.3 is 5.11 Å². The molecule has 1 unspecified atom stereocenters. The molecule has 6 heteroatoms. The minimum absolute atomic E-state index is 0.0446. The van der Waals surface area contributed by atoms with Crippen molar-refractivity contribution < 1.29 is 14.7 Å². The van der Waals surface area contributed by atoms with Crippen LogP contribution in [0.3, 0.4) is 0 Å². The summed E-state index contributed by atoms with van der Waals surface area (Å²) in [5.41, 5.74) is 2.81. The first-order valence-corrected chi connectivity index (χ1v) is 11.0. The molecule has 162 valence electrons. The van der Waals surface area contributed by atoms with Gasteiger partial charge in [-0.1, -0.05) is 67.0 Å². The molecule has 0 bridgehead atoms. The van der Waals surface area contributed by atoms with Crippen molar-refractivity contribution in [3.05, 3.63) is 99.8 Å². The number of amides is 1. The summed E-state index contributed by atoms with van der Waals surface area (Å²) in [6.07, 6.45) is 3.24. The molecule has 1 fully saturated rings. The van der Waals surface area contributed by atoms with Crippen LogP contribution in [0.15, 0.2) is 83.1 Å². The van der Waals surface area contributed by atoms with Crippen LogP contribution >= 0.6 is 15.9 Å². The lowest BCUT2D eigenvalue weighted by Crippen LogP contribution is -2.29. The highest BCUT2D eigenvalue weighted by molar-refractivity contribution is 9.10. The van der Waals surface area contributed by atoms with E-state index < -0.39 is 17.7 Å². The Kier molecular flexibility index (Phi) is 5.73. The molecule has 0 aliphatic carbocycles. The van der Waals surface area contributed by atoms with Gasteiger partial charge in [-0.25, -0.2) is 0 Å². The van der Waals surface area contributed by atoms with E-state index in [9.17, 15) is 14.7 Å². The zero-order chi connectivity index (χ0) is 23.0. The fraction of sp³-hybridized carbons (Fsp3) is 0.192. The molecule has 1 amide bonds. The van der Waals surface area contributed by atoms with Gasteiger partial charge in [0.1, 0.15) is 5.76 Å². The quantitative estimate of drug-likeness (QED) is 0.287. The summed E-state index contributed by atoms with van der Waals surface area (Å²) in [7, 11) is 0. The third kappa shape index (κ3) is 3.98. The number of Topliss-reactive ketones (excluding diaryl/α,β-unsaturated/α-hetero) is 1. The number of nitrogens with zero attached hydrogens (tertiary/aromatic N) is 2. The summed E-state index contributed by atoms with van der Waals surface area (Å²) in [6, 6.07) is 17.3. The zero-order valence-corrected chi connectivity index (χ0v) is 19.6. The first kappa shape index (κ1) is 22.0. The normalized spacial score (nSPS) is 18.2. The number of aliphatic hydroxyl groups is 1. The number of anilines is 1. The van der Waals surface area contributed by atoms with Gasteiger partial charge in [0, 0.05) is 28.1 Å². The maximum atomic E-state index is 13.2. The number of hydrogen-bond donors (Lipinski definition) is 1. The molecule has 1 aliphatic rings. The van der Waals surface area contributed by atoms with E-state index in [1.807, 2.05) is 24.3 Å². The summed E-state index contributed by atoms with van der Waals surface area (Å²) >= 11 is 3.37. The molecule has 1 aromatic heterocycles. The molecule has 2 aromatic carbocycles. The lowest BCUT2D eigenvalue weighted by molar-refractivity contribution is -0.132. The van der Waals surface area contributed by atoms with E-state index in [-0.39, 0.29) is 16.7 Å². The van der Waals surface area contributed by atoms with E-state index in [1.165, 1.54) is 4.90 Å². The van der Waals surface area contributed by atoms with Gasteiger partial charge in [-0.3, -0.25) is 19.5 Å². The van der Waals surface area contributed by atoms with Crippen LogP contribution in [-0.2, 0) is 15.0 Å². The predicted octanol–water partition coefficient (Wildman–Crippen LogP) is 5.77. The third-order valence-electron chi connectivity index (χ3n) is 5.57. The lowest BCUT2D eigenvalue weighted by Gasteiger charge is -2.26. The van der Waals surface area contributed by atoms with E-state index in [2.05, 4.69) is 41.7 Å². The number of benzene rings is 2. The molecule has 5 nitrogen and oxygen atoms in total. The summed E-state index contributed by atoms with van der Waals surface area (Å²) in [5, 5.41) is 11.1. The Morgan fingerprint density at radius 3 is 2.22 bits per heavy atom. The van der Waals surface area contributed by atoms with E-state index in [0.717, 1.165) is 10.0 Å². The van der Waals surface area contributed by atoms with Crippen LogP contribution < -0.4 is 4.90 Å². The Morgan fingerprint density at radius 1 is 1.00 bits per heavy atom. The van der Waals surface area contributed by atoms with Crippen LogP contribution in [0.2, 0.25) is 0 Å². The molecule has 1 saturated heterocycles. The van der Waals surface area contributed by atoms with Gasteiger partial charge in [0.05, 0.1) is 11.6 Å². The molecule has 1 aliphatic heterocycles. The van der Waals surface area contributed by atoms with E-state index in [4.69, 9.17) is 0 Å². The Bertz CT molecular complexity index is 1190. The number of carbonyl (C=O) groups is 2. The number of rotatable bonds is 3. The maximum Gasteiger partial charge on any atom is 0.300 e. The van der Waals surface area contributed by atoms with Crippen LogP contribution in [0.5, 0.6) is 0 Å². The van der Waals surface area contributed by atoms with Crippen LogP contribution in [0.25, 0.3) is 5.76 Å². The van der Waals surface area contributed by atoms with Gasteiger partial charge in [0.15, 0.2) is 0 Å². The molecular formula is C26H23BrN2O3. The van der Waals surface area contributed by atoms with Gasteiger partial charge >= 0.3 is 0 Å². The fourth-order valence-electron chi connectivity index (χ4n) is 3.84. The Hall–Kier alpha value is -3.25. The van der Waals surface area contributed by atoms with Crippen LogP contribution in [0, 0.1) is 0 Å². The van der Waals surface area contributed by atoms with Crippen molar-refractivity contribution in [1.82, 2.24) is 4.98 Å². The van der Waals surface area contributed by atoms with E-state index >= 15 is 0 Å². The predicted molar refractivity (Wildman–Crippen MR) is 128 cm³/mol. The molecule has 0 saturated carbocycles. The SMILES string of the molecule is CC(C)(C)c1ccc(N2C(=O)C(=O)/C(=C(/O)c3ccc(Br)cc3)C2c2cccnc2)cc1. The van der Waals surface area contributed by atoms with Crippen LogP contribution in [0.4, 0.5) is 5.69 Å². The molecular weight excluding hydrogens is 468 g/mol. The topological polar surface area (TPSA) is 70.5 Å². The Labute approximate surface area is 195 Å². The minimum atomic E-state index is -0.784. The number of carbonyl (C=O) groups excluding carboxylic acids is 2. The number of hydrogen-bond acceptors (Lipinski definition) is 4. The summed E-state index contributed by atoms with van der Waals surface area (Å²) in [4.78, 5) is 31.9. The molecule has 1 atom stereocenters. The molecule has 1 N–H and O–H groups in total. The highest BCUT2D eigenvalue weighted by Crippen LogP contribution is 2.42. The van der Waals surface area contributed by atoms with Crippen molar-refractivity contribution in [3.63, 3.8) is 0 Å². The van der Waals surface area contributed by atoms with Crippen LogP contribution in [-0.4, -0.2) is 21.8 Å². The van der Waals surface area contributed by atoms with Crippen molar-refractivity contribution in [2.75, 3.05) is 4.90 Å². The summed E-state index contributed by atoms with van der Waals surface area (Å²) in [5.74, 6) is -1.61. The van der Waals surface area contributed by atoms with Gasteiger partial charge in [-0.05, 0) is 46.9 Å². The van der Waals surface area contributed by atoms with E-state index in [0.29, 0.717) is 16.8 Å². The molecule has 3 aromatic rings. The average molecular weight is 491 g/mol. The highest BCUT2D eigenvalue weighted by atomic mass is 79.9. The summed E-state index contributed by atoms with van der Waals surface area (Å²) < 4.78 is 0.845. The second-order valence-corrected chi connectivity index (χ2v) is 9.67. The minimum Gasteiger partial charge on any atom is -0.507 e. The lowest BCUT2D eigenvalue weighted by atomic mass is 9.87. The van der Waals surface area contributed by atoms with Gasteiger partial charge in [0.2, 0.25) is 0 Å². The number of aromatic nitrogens is 1. The number of pyridine rings is 1. The van der Waals surface area contributed by atoms with Crippen molar-refractivity contribution in [2.45, 2.75) is 32.2 Å². The molecule has 0 radical (unpaired) electrons. The smallest absolute Gasteiger partial charge is 0.300 e. The van der Waals surface area contributed by atoms with E-state index in [1.54, 1.807) is 48.8 Å². The molecule has 2 heterocycles. The monoisotopic (exact) mass is 490 g/mol. The first-order chi connectivity index (χ1) is 15.2. The second-order valence-electron chi connectivity index (χ2n) is 8.76. The van der Waals surface area contributed by atoms with Gasteiger partial charge in [-0.15, -0.1) is 0 Å². The first-order valence-electron chi connectivity index (χ1n) is 10.3. The Morgan fingerprint density at radius 2 is 1.66 bits per heavy atom. The second kappa shape index (κ2) is 8.36. The van der Waals surface area contributed by atoms with Crippen molar-refractivity contribution in [2.24, 2.45) is 0 Å².